The van der Waals surface area contributed by atoms with Crippen LogP contribution in [0.15, 0.2) is 29.4 Å². The molecule has 32 heavy (non-hydrogen) atoms. The van der Waals surface area contributed by atoms with Crippen LogP contribution in [0, 0.1) is 13.8 Å². The third-order valence-electron chi connectivity index (χ3n) is 4.32. The average Bonchev–Trinajstić information content (AvgIpc) is 3.21. The van der Waals surface area contributed by atoms with Crippen LogP contribution in [0.25, 0.3) is 0 Å². The van der Waals surface area contributed by atoms with Crippen molar-refractivity contribution in [2.45, 2.75) is 31.6 Å². The summed E-state index contributed by atoms with van der Waals surface area (Å²) < 4.78 is 40.0. The number of benzene rings is 1. The Labute approximate surface area is 189 Å². The molecule has 0 aliphatic carbocycles. The molecule has 8 nitrogen and oxygen atoms in total. The Hall–Kier alpha value is -2.93. The lowest BCUT2D eigenvalue weighted by Gasteiger charge is -2.10. The Balaban J connectivity index is 1.55. The maximum absolute atomic E-state index is 12.8. The summed E-state index contributed by atoms with van der Waals surface area (Å²) in [4.78, 5) is 29.7. The van der Waals surface area contributed by atoms with Gasteiger partial charge in [-0.15, -0.1) is 21.5 Å². The number of anilines is 2. The monoisotopic (exact) mass is 484 g/mol. The quantitative estimate of drug-likeness (QED) is 0.495. The van der Waals surface area contributed by atoms with Crippen LogP contribution in [0.4, 0.5) is 24.0 Å². The molecule has 1 aromatic carbocycles. The number of thioether (sulfide) groups is 1. The van der Waals surface area contributed by atoms with Crippen LogP contribution in [0.5, 0.6) is 0 Å². The van der Waals surface area contributed by atoms with Crippen LogP contribution in [0.2, 0.25) is 0 Å². The van der Waals surface area contributed by atoms with Crippen molar-refractivity contribution in [3.05, 3.63) is 46.2 Å². The molecule has 0 saturated heterocycles. The first-order valence-electron chi connectivity index (χ1n) is 9.25. The number of hydrogen-bond donors (Lipinski definition) is 2. The Bertz CT molecular complexity index is 1120. The van der Waals surface area contributed by atoms with Gasteiger partial charge < -0.3 is 15.2 Å². The first-order valence-corrected chi connectivity index (χ1v) is 11.0. The van der Waals surface area contributed by atoms with Gasteiger partial charge in [-0.2, -0.15) is 13.2 Å². The normalized spacial score (nSPS) is 11.4. The van der Waals surface area contributed by atoms with Crippen molar-refractivity contribution in [3.63, 3.8) is 0 Å². The van der Waals surface area contributed by atoms with Crippen LogP contribution in [-0.2, 0) is 29.2 Å². The highest BCUT2D eigenvalue weighted by Crippen LogP contribution is 2.30. The van der Waals surface area contributed by atoms with Gasteiger partial charge in [0.1, 0.15) is 5.82 Å². The molecule has 0 unspecified atom stereocenters. The lowest BCUT2D eigenvalue weighted by Crippen LogP contribution is -2.18. The molecule has 2 heterocycles. The minimum absolute atomic E-state index is 0.0333. The van der Waals surface area contributed by atoms with Crippen molar-refractivity contribution in [1.82, 2.24) is 19.7 Å². The fourth-order valence-corrected chi connectivity index (χ4v) is 4.12. The van der Waals surface area contributed by atoms with Gasteiger partial charge in [0.25, 0.3) is 0 Å². The number of aromatic nitrogens is 4. The van der Waals surface area contributed by atoms with Crippen molar-refractivity contribution in [2.75, 3.05) is 16.4 Å². The van der Waals surface area contributed by atoms with Gasteiger partial charge in [-0.25, -0.2) is 4.98 Å². The molecule has 3 rings (SSSR count). The Kier molecular flexibility index (Phi) is 7.19. The number of carbonyl (C=O) groups is 2. The summed E-state index contributed by atoms with van der Waals surface area (Å²) >= 11 is 2.53. The molecule has 0 aliphatic heterocycles. The van der Waals surface area contributed by atoms with Gasteiger partial charge in [0, 0.05) is 17.6 Å². The molecule has 2 aromatic heterocycles. The number of amides is 2. The molecular weight excluding hydrogens is 465 g/mol. The number of carbonyl (C=O) groups excluding carboxylic acids is 2. The first kappa shape index (κ1) is 23.7. The number of alkyl halides is 3. The van der Waals surface area contributed by atoms with E-state index in [2.05, 4.69) is 25.8 Å². The summed E-state index contributed by atoms with van der Waals surface area (Å²) in [6, 6.07) is 4.37. The second kappa shape index (κ2) is 9.69. The van der Waals surface area contributed by atoms with Gasteiger partial charge in [0.05, 0.1) is 23.4 Å². The maximum atomic E-state index is 12.8. The predicted molar refractivity (Wildman–Crippen MR) is 116 cm³/mol. The Morgan fingerprint density at radius 2 is 1.91 bits per heavy atom. The summed E-state index contributed by atoms with van der Waals surface area (Å²) in [6.45, 7) is 3.78. The molecule has 2 N–H and O–H groups in total. The van der Waals surface area contributed by atoms with Crippen molar-refractivity contribution < 1.29 is 22.8 Å². The third kappa shape index (κ3) is 6.07. The standard InChI is InChI=1S/C19H19F3N6O2S2/c1-10-11(2)32-17(23-10)25-16(30)9-31-18-27-26-14(28(18)3)8-15(29)24-13-6-4-5-12(7-13)19(20,21)22/h4-7H,8-9H2,1-3H3,(H,24,29)(H,23,25,30). The first-order chi connectivity index (χ1) is 15.0. The Morgan fingerprint density at radius 1 is 1.16 bits per heavy atom. The van der Waals surface area contributed by atoms with E-state index in [1.54, 1.807) is 11.6 Å². The van der Waals surface area contributed by atoms with Gasteiger partial charge in [0.2, 0.25) is 11.8 Å². The maximum Gasteiger partial charge on any atom is 0.416 e. The highest BCUT2D eigenvalue weighted by molar-refractivity contribution is 7.99. The van der Waals surface area contributed by atoms with E-state index in [1.165, 1.54) is 23.5 Å². The third-order valence-corrected chi connectivity index (χ3v) is 6.33. The molecule has 170 valence electrons. The number of aryl methyl sites for hydroxylation is 2. The van der Waals surface area contributed by atoms with Crippen LogP contribution < -0.4 is 10.6 Å². The van der Waals surface area contributed by atoms with Crippen LogP contribution in [0.3, 0.4) is 0 Å². The number of thiazole rings is 1. The minimum Gasteiger partial charge on any atom is -0.326 e. The second-order valence-corrected chi connectivity index (χ2v) is 8.90. The van der Waals surface area contributed by atoms with Gasteiger partial charge in [0.15, 0.2) is 10.3 Å². The van der Waals surface area contributed by atoms with E-state index in [0.717, 1.165) is 34.5 Å². The number of nitrogens with one attached hydrogen (secondary N) is 2. The summed E-state index contributed by atoms with van der Waals surface area (Å²) in [5.41, 5.74) is 0.0409. The molecule has 0 saturated carbocycles. The molecule has 0 bridgehead atoms. The van der Waals surface area contributed by atoms with Crippen LogP contribution >= 0.6 is 23.1 Å². The fourth-order valence-electron chi connectivity index (χ4n) is 2.56. The molecule has 0 fully saturated rings. The topological polar surface area (TPSA) is 102 Å². The number of hydrogen-bond acceptors (Lipinski definition) is 7. The van der Waals surface area contributed by atoms with E-state index >= 15 is 0 Å². The molecule has 3 aromatic rings. The zero-order chi connectivity index (χ0) is 23.5. The number of rotatable bonds is 7. The summed E-state index contributed by atoms with van der Waals surface area (Å²) in [5.74, 6) is -0.414. The van der Waals surface area contributed by atoms with E-state index in [-0.39, 0.29) is 23.8 Å². The number of halogens is 3. The minimum atomic E-state index is -4.50. The van der Waals surface area contributed by atoms with Crippen LogP contribution in [0.1, 0.15) is 22.0 Å². The molecule has 0 radical (unpaired) electrons. The van der Waals surface area contributed by atoms with E-state index < -0.39 is 17.6 Å². The van der Waals surface area contributed by atoms with Gasteiger partial charge in [-0.05, 0) is 32.0 Å². The Morgan fingerprint density at radius 3 is 2.56 bits per heavy atom. The molecule has 0 aliphatic rings. The second-order valence-electron chi connectivity index (χ2n) is 6.76. The van der Waals surface area contributed by atoms with E-state index in [0.29, 0.717) is 16.1 Å². The van der Waals surface area contributed by atoms with Gasteiger partial charge >= 0.3 is 6.18 Å². The summed E-state index contributed by atoms with van der Waals surface area (Å²) in [6.07, 6.45) is -4.69. The SMILES string of the molecule is Cc1nc(NC(=O)CSc2nnc(CC(=O)Nc3cccc(C(F)(F)F)c3)n2C)sc1C. The van der Waals surface area contributed by atoms with Crippen molar-refractivity contribution in [2.24, 2.45) is 7.05 Å². The average molecular weight is 485 g/mol. The van der Waals surface area contributed by atoms with E-state index in [4.69, 9.17) is 0 Å². The van der Waals surface area contributed by atoms with Gasteiger partial charge in [-0.1, -0.05) is 17.8 Å². The van der Waals surface area contributed by atoms with E-state index in [1.807, 2.05) is 13.8 Å². The fraction of sp³-hybridized carbons (Fsp3) is 0.316. The predicted octanol–water partition coefficient (Wildman–Crippen LogP) is 3.82. The lowest BCUT2D eigenvalue weighted by molar-refractivity contribution is -0.137. The lowest BCUT2D eigenvalue weighted by atomic mass is 10.2. The van der Waals surface area contributed by atoms with Crippen molar-refractivity contribution >= 4 is 45.7 Å². The molecule has 0 spiro atoms. The van der Waals surface area contributed by atoms with Gasteiger partial charge in [-0.3, -0.25) is 9.59 Å². The molecule has 13 heteroatoms. The molecule has 2 amide bonds. The van der Waals surface area contributed by atoms with Crippen molar-refractivity contribution in [1.29, 1.82) is 0 Å². The highest BCUT2D eigenvalue weighted by Gasteiger charge is 2.30. The summed E-state index contributed by atoms with van der Waals surface area (Å²) in [7, 11) is 1.64. The summed E-state index contributed by atoms with van der Waals surface area (Å²) in [5, 5.41) is 14.0. The molecule has 0 atom stereocenters. The largest absolute Gasteiger partial charge is 0.416 e. The zero-order valence-corrected chi connectivity index (χ0v) is 18.9. The molecular formula is C19H19F3N6O2S2. The van der Waals surface area contributed by atoms with Crippen LogP contribution in [-0.4, -0.2) is 37.3 Å². The van der Waals surface area contributed by atoms with E-state index in [9.17, 15) is 22.8 Å². The number of nitrogens with zero attached hydrogens (tertiary/aromatic N) is 4. The smallest absolute Gasteiger partial charge is 0.326 e. The van der Waals surface area contributed by atoms with Crippen molar-refractivity contribution in [3.8, 4) is 0 Å². The highest BCUT2D eigenvalue weighted by atomic mass is 32.2. The zero-order valence-electron chi connectivity index (χ0n) is 17.3.